The molecule has 1 aromatic rings. The predicted octanol–water partition coefficient (Wildman–Crippen LogP) is 2.14. The van der Waals surface area contributed by atoms with E-state index in [4.69, 9.17) is 0 Å². The number of carbonyl (C=O) groups excluding carboxylic acids is 1. The zero-order chi connectivity index (χ0) is 16.0. The first-order chi connectivity index (χ1) is 10.5. The van der Waals surface area contributed by atoms with Crippen molar-refractivity contribution in [2.45, 2.75) is 25.7 Å². The van der Waals surface area contributed by atoms with Crippen LogP contribution in [0.15, 0.2) is 28.7 Å². The minimum Gasteiger partial charge on any atom is -0.355 e. The van der Waals surface area contributed by atoms with Crippen molar-refractivity contribution in [1.29, 1.82) is 0 Å². The molecular formula is C17H26BrN3O. The summed E-state index contributed by atoms with van der Waals surface area (Å²) in [5.74, 6) is 0.0927. The van der Waals surface area contributed by atoms with Gasteiger partial charge in [-0.25, -0.2) is 0 Å². The molecule has 2 N–H and O–H groups in total. The van der Waals surface area contributed by atoms with Crippen LogP contribution in [0.3, 0.4) is 0 Å². The summed E-state index contributed by atoms with van der Waals surface area (Å²) >= 11 is 3.43. The molecule has 1 aromatic carbocycles. The number of amides is 1. The molecule has 5 heteroatoms. The van der Waals surface area contributed by atoms with Crippen LogP contribution in [-0.4, -0.2) is 50.1 Å². The first-order valence-electron chi connectivity index (χ1n) is 7.97. The highest BCUT2D eigenvalue weighted by atomic mass is 79.9. The van der Waals surface area contributed by atoms with Gasteiger partial charge in [-0.3, -0.25) is 4.79 Å². The lowest BCUT2D eigenvalue weighted by atomic mass is 9.84. The van der Waals surface area contributed by atoms with E-state index in [1.54, 1.807) is 0 Å². The Bertz CT molecular complexity index is 481. The van der Waals surface area contributed by atoms with Gasteiger partial charge in [-0.2, -0.15) is 0 Å². The number of halogens is 1. The number of nitrogens with one attached hydrogen (secondary N) is 2. The lowest BCUT2D eigenvalue weighted by Crippen LogP contribution is -2.45. The van der Waals surface area contributed by atoms with E-state index in [1.807, 2.05) is 38.1 Å². The van der Waals surface area contributed by atoms with Gasteiger partial charge in [0.15, 0.2) is 0 Å². The molecule has 0 aliphatic carbocycles. The Labute approximate surface area is 141 Å². The largest absolute Gasteiger partial charge is 0.355 e. The monoisotopic (exact) mass is 367 g/mol. The predicted molar refractivity (Wildman–Crippen MR) is 94.1 cm³/mol. The van der Waals surface area contributed by atoms with Crippen LogP contribution in [0.25, 0.3) is 0 Å². The van der Waals surface area contributed by atoms with Crippen LogP contribution in [0.4, 0.5) is 0 Å². The summed E-state index contributed by atoms with van der Waals surface area (Å²) in [6, 6.07) is 7.97. The van der Waals surface area contributed by atoms with Gasteiger partial charge in [0, 0.05) is 37.2 Å². The van der Waals surface area contributed by atoms with E-state index in [0.29, 0.717) is 0 Å². The molecule has 1 aliphatic rings. The molecule has 1 aliphatic heterocycles. The quantitative estimate of drug-likeness (QED) is 0.757. The molecule has 0 unspecified atom stereocenters. The molecule has 0 atom stereocenters. The van der Waals surface area contributed by atoms with Crippen LogP contribution in [-0.2, 0) is 10.2 Å². The maximum absolute atomic E-state index is 12.5. The molecule has 22 heavy (non-hydrogen) atoms. The van der Waals surface area contributed by atoms with Crippen molar-refractivity contribution in [3.63, 3.8) is 0 Å². The van der Waals surface area contributed by atoms with E-state index in [2.05, 4.69) is 31.5 Å². The van der Waals surface area contributed by atoms with Gasteiger partial charge in [-0.15, -0.1) is 0 Å². The number of hydrogen-bond acceptors (Lipinski definition) is 3. The fraction of sp³-hybridized carbons (Fsp3) is 0.588. The summed E-state index contributed by atoms with van der Waals surface area (Å²) in [6.07, 6.45) is 1.00. The van der Waals surface area contributed by atoms with Gasteiger partial charge in [0.2, 0.25) is 5.91 Å². The SMILES string of the molecule is CC(C)(C(=O)NCCCN1CCNCC1)c1ccc(Br)cc1. The molecule has 0 saturated carbocycles. The van der Waals surface area contributed by atoms with E-state index in [9.17, 15) is 4.79 Å². The number of carbonyl (C=O) groups is 1. The Morgan fingerprint density at radius 3 is 2.55 bits per heavy atom. The van der Waals surface area contributed by atoms with Crippen LogP contribution in [0.5, 0.6) is 0 Å². The van der Waals surface area contributed by atoms with Crippen LogP contribution in [0.1, 0.15) is 25.8 Å². The van der Waals surface area contributed by atoms with Crippen LogP contribution in [0, 0.1) is 0 Å². The third-order valence-corrected chi connectivity index (χ3v) is 4.81. The van der Waals surface area contributed by atoms with Crippen molar-refractivity contribution in [2.24, 2.45) is 0 Å². The summed E-state index contributed by atoms with van der Waals surface area (Å²) in [7, 11) is 0. The zero-order valence-electron chi connectivity index (χ0n) is 13.5. The number of nitrogens with zero attached hydrogens (tertiary/aromatic N) is 1. The van der Waals surface area contributed by atoms with Crippen LogP contribution in [0.2, 0.25) is 0 Å². The lowest BCUT2D eigenvalue weighted by molar-refractivity contribution is -0.125. The molecule has 1 amide bonds. The number of hydrogen-bond donors (Lipinski definition) is 2. The Morgan fingerprint density at radius 1 is 1.27 bits per heavy atom. The smallest absolute Gasteiger partial charge is 0.230 e. The highest BCUT2D eigenvalue weighted by Gasteiger charge is 2.29. The van der Waals surface area contributed by atoms with Gasteiger partial charge in [-0.1, -0.05) is 28.1 Å². The maximum Gasteiger partial charge on any atom is 0.230 e. The third-order valence-electron chi connectivity index (χ3n) is 4.28. The first kappa shape index (κ1) is 17.4. The average molecular weight is 368 g/mol. The van der Waals surface area contributed by atoms with Gasteiger partial charge in [-0.05, 0) is 44.5 Å². The van der Waals surface area contributed by atoms with E-state index < -0.39 is 5.41 Å². The van der Waals surface area contributed by atoms with E-state index in [0.717, 1.165) is 55.7 Å². The fourth-order valence-corrected chi connectivity index (χ4v) is 2.92. The van der Waals surface area contributed by atoms with Gasteiger partial charge in [0.25, 0.3) is 0 Å². The van der Waals surface area contributed by atoms with E-state index >= 15 is 0 Å². The van der Waals surface area contributed by atoms with Crippen molar-refractivity contribution in [2.75, 3.05) is 39.3 Å². The molecular weight excluding hydrogens is 342 g/mol. The Kier molecular flexibility index (Phi) is 6.41. The molecule has 0 bridgehead atoms. The standard InChI is InChI=1S/C17H26BrN3O/c1-17(2,14-4-6-15(18)7-5-14)16(22)20-8-3-11-21-12-9-19-10-13-21/h4-7,19H,3,8-13H2,1-2H3,(H,20,22). The van der Waals surface area contributed by atoms with Crippen molar-refractivity contribution < 1.29 is 4.79 Å². The molecule has 4 nitrogen and oxygen atoms in total. The average Bonchev–Trinajstić information content (AvgIpc) is 2.52. The second-order valence-electron chi connectivity index (χ2n) is 6.33. The maximum atomic E-state index is 12.5. The lowest BCUT2D eigenvalue weighted by Gasteiger charge is -2.28. The summed E-state index contributed by atoms with van der Waals surface area (Å²) in [4.78, 5) is 14.9. The normalized spacial score (nSPS) is 16.5. The minimum absolute atomic E-state index is 0.0927. The minimum atomic E-state index is -0.504. The molecule has 1 saturated heterocycles. The molecule has 122 valence electrons. The topological polar surface area (TPSA) is 44.4 Å². The number of rotatable bonds is 6. The number of benzene rings is 1. The van der Waals surface area contributed by atoms with Crippen LogP contribution >= 0.6 is 15.9 Å². The third kappa shape index (κ3) is 4.80. The second-order valence-corrected chi connectivity index (χ2v) is 7.25. The molecule has 2 rings (SSSR count). The zero-order valence-corrected chi connectivity index (χ0v) is 15.1. The van der Waals surface area contributed by atoms with Crippen molar-refractivity contribution in [3.8, 4) is 0 Å². The van der Waals surface area contributed by atoms with Gasteiger partial charge in [0.05, 0.1) is 5.41 Å². The molecule has 0 radical (unpaired) electrons. The summed E-state index contributed by atoms with van der Waals surface area (Å²) in [5.41, 5.74) is 0.533. The highest BCUT2D eigenvalue weighted by molar-refractivity contribution is 9.10. The Morgan fingerprint density at radius 2 is 1.91 bits per heavy atom. The van der Waals surface area contributed by atoms with Gasteiger partial charge >= 0.3 is 0 Å². The van der Waals surface area contributed by atoms with Crippen molar-refractivity contribution >= 4 is 21.8 Å². The van der Waals surface area contributed by atoms with Crippen LogP contribution < -0.4 is 10.6 Å². The Hall–Kier alpha value is -0.910. The molecule has 0 aromatic heterocycles. The second kappa shape index (κ2) is 8.09. The molecule has 0 spiro atoms. The molecule has 1 heterocycles. The highest BCUT2D eigenvalue weighted by Crippen LogP contribution is 2.24. The van der Waals surface area contributed by atoms with Gasteiger partial charge < -0.3 is 15.5 Å². The first-order valence-corrected chi connectivity index (χ1v) is 8.77. The van der Waals surface area contributed by atoms with Crippen molar-refractivity contribution in [1.82, 2.24) is 15.5 Å². The Balaban J connectivity index is 1.76. The van der Waals surface area contributed by atoms with Crippen molar-refractivity contribution in [3.05, 3.63) is 34.3 Å². The van der Waals surface area contributed by atoms with E-state index in [1.165, 1.54) is 0 Å². The fourth-order valence-electron chi connectivity index (χ4n) is 2.66. The number of piperazine rings is 1. The van der Waals surface area contributed by atoms with E-state index in [-0.39, 0.29) is 5.91 Å². The van der Waals surface area contributed by atoms with Gasteiger partial charge in [0.1, 0.15) is 0 Å². The summed E-state index contributed by atoms with van der Waals surface area (Å²) in [6.45, 7) is 10.1. The summed E-state index contributed by atoms with van der Waals surface area (Å²) in [5, 5.41) is 6.43. The summed E-state index contributed by atoms with van der Waals surface area (Å²) < 4.78 is 1.03. The molecule has 1 fully saturated rings.